The Morgan fingerprint density at radius 3 is 2.88 bits per heavy atom. The summed E-state index contributed by atoms with van der Waals surface area (Å²) in [6.07, 6.45) is 3.31. The summed E-state index contributed by atoms with van der Waals surface area (Å²) >= 11 is 0. The highest BCUT2D eigenvalue weighted by molar-refractivity contribution is 5.92. The van der Waals surface area contributed by atoms with Crippen molar-refractivity contribution in [3.63, 3.8) is 0 Å². The van der Waals surface area contributed by atoms with Crippen molar-refractivity contribution < 1.29 is 9.72 Å². The molecule has 1 fully saturated rings. The summed E-state index contributed by atoms with van der Waals surface area (Å²) in [5.41, 5.74) is 0.672. The molecule has 126 valence electrons. The lowest BCUT2D eigenvalue weighted by Crippen LogP contribution is -2.44. The summed E-state index contributed by atoms with van der Waals surface area (Å²) in [4.78, 5) is 24.6. The standard InChI is InChI=1S/C15H18N6O3/c1-19(11-5-7-16-8-6-11)15(22)14-10-20(18-17-14)12-3-2-4-13(9-12)21(23)24/h2-4,9-11,16H,5-8H2,1H3. The maximum absolute atomic E-state index is 12.5. The molecule has 1 saturated heterocycles. The van der Waals surface area contributed by atoms with E-state index in [0.29, 0.717) is 5.69 Å². The Hall–Kier alpha value is -2.81. The molecule has 0 bridgehead atoms. The normalized spacial score (nSPS) is 15.2. The molecule has 1 aromatic carbocycles. The van der Waals surface area contributed by atoms with E-state index in [-0.39, 0.29) is 23.3 Å². The molecule has 1 aliphatic rings. The zero-order chi connectivity index (χ0) is 17.1. The topological polar surface area (TPSA) is 106 Å². The van der Waals surface area contributed by atoms with Crippen LogP contribution in [-0.4, -0.2) is 56.9 Å². The molecular formula is C15H18N6O3. The fraction of sp³-hybridized carbons (Fsp3) is 0.400. The summed E-state index contributed by atoms with van der Waals surface area (Å²) in [7, 11) is 1.77. The smallest absolute Gasteiger partial charge is 0.276 e. The second-order valence-electron chi connectivity index (χ2n) is 5.72. The number of amides is 1. The number of hydrogen-bond donors (Lipinski definition) is 1. The van der Waals surface area contributed by atoms with Crippen molar-refractivity contribution in [1.29, 1.82) is 0 Å². The summed E-state index contributed by atoms with van der Waals surface area (Å²) in [6, 6.07) is 6.21. The van der Waals surface area contributed by atoms with Crippen LogP contribution in [0.5, 0.6) is 0 Å². The largest absolute Gasteiger partial charge is 0.337 e. The fourth-order valence-corrected chi connectivity index (χ4v) is 2.78. The number of hydrogen-bond acceptors (Lipinski definition) is 6. The molecule has 0 aliphatic carbocycles. The lowest BCUT2D eigenvalue weighted by atomic mass is 10.1. The van der Waals surface area contributed by atoms with Crippen LogP contribution in [0.15, 0.2) is 30.5 Å². The Labute approximate surface area is 138 Å². The van der Waals surface area contributed by atoms with Crippen LogP contribution in [0.4, 0.5) is 5.69 Å². The van der Waals surface area contributed by atoms with Crippen LogP contribution in [0, 0.1) is 10.1 Å². The molecule has 24 heavy (non-hydrogen) atoms. The van der Waals surface area contributed by atoms with Crippen molar-refractivity contribution in [2.75, 3.05) is 20.1 Å². The molecule has 1 N–H and O–H groups in total. The maximum Gasteiger partial charge on any atom is 0.276 e. The lowest BCUT2D eigenvalue weighted by Gasteiger charge is -2.31. The van der Waals surface area contributed by atoms with E-state index >= 15 is 0 Å². The van der Waals surface area contributed by atoms with Gasteiger partial charge in [-0.1, -0.05) is 11.3 Å². The number of benzene rings is 1. The molecule has 9 heteroatoms. The quantitative estimate of drug-likeness (QED) is 0.662. The molecule has 1 aliphatic heterocycles. The molecule has 2 heterocycles. The van der Waals surface area contributed by atoms with E-state index in [1.165, 1.54) is 23.0 Å². The Kier molecular flexibility index (Phi) is 4.52. The average molecular weight is 330 g/mol. The van der Waals surface area contributed by atoms with Gasteiger partial charge in [0.2, 0.25) is 0 Å². The number of non-ortho nitro benzene ring substituents is 1. The van der Waals surface area contributed by atoms with Crippen molar-refractivity contribution in [2.24, 2.45) is 0 Å². The monoisotopic (exact) mass is 330 g/mol. The molecule has 2 aromatic rings. The Morgan fingerprint density at radius 1 is 1.42 bits per heavy atom. The molecule has 3 rings (SSSR count). The SMILES string of the molecule is CN(C(=O)c1cn(-c2cccc([N+](=O)[O-])c2)nn1)C1CCNCC1. The fourth-order valence-electron chi connectivity index (χ4n) is 2.78. The minimum atomic E-state index is -0.475. The number of carbonyl (C=O) groups excluding carboxylic acids is 1. The van der Waals surface area contributed by atoms with Crippen LogP contribution in [0.3, 0.4) is 0 Å². The van der Waals surface area contributed by atoms with Crippen LogP contribution in [-0.2, 0) is 0 Å². The molecule has 0 saturated carbocycles. The van der Waals surface area contributed by atoms with Gasteiger partial charge in [-0.15, -0.1) is 5.10 Å². The molecule has 0 atom stereocenters. The number of aromatic nitrogens is 3. The molecule has 0 unspecified atom stereocenters. The predicted octanol–water partition coefficient (Wildman–Crippen LogP) is 0.999. The molecule has 9 nitrogen and oxygen atoms in total. The lowest BCUT2D eigenvalue weighted by molar-refractivity contribution is -0.384. The first-order valence-electron chi connectivity index (χ1n) is 7.71. The number of carbonyl (C=O) groups is 1. The van der Waals surface area contributed by atoms with Gasteiger partial charge in [-0.2, -0.15) is 0 Å². The third-order valence-corrected chi connectivity index (χ3v) is 4.19. The first kappa shape index (κ1) is 16.1. The molecule has 1 aromatic heterocycles. The summed E-state index contributed by atoms with van der Waals surface area (Å²) in [5.74, 6) is -0.196. The molecule has 0 spiro atoms. The van der Waals surface area contributed by atoms with Gasteiger partial charge in [0.25, 0.3) is 11.6 Å². The molecular weight excluding hydrogens is 312 g/mol. The number of nitrogens with one attached hydrogen (secondary N) is 1. The highest BCUT2D eigenvalue weighted by atomic mass is 16.6. The summed E-state index contributed by atoms with van der Waals surface area (Å²) in [6.45, 7) is 1.78. The van der Waals surface area contributed by atoms with E-state index in [1.807, 2.05) is 0 Å². The van der Waals surface area contributed by atoms with E-state index in [1.54, 1.807) is 24.1 Å². The highest BCUT2D eigenvalue weighted by Crippen LogP contribution is 2.17. The zero-order valence-electron chi connectivity index (χ0n) is 13.3. The van der Waals surface area contributed by atoms with Gasteiger partial charge >= 0.3 is 0 Å². The Bertz CT molecular complexity index is 753. The molecule has 0 radical (unpaired) electrons. The predicted molar refractivity (Wildman–Crippen MR) is 86.0 cm³/mol. The second kappa shape index (κ2) is 6.75. The van der Waals surface area contributed by atoms with Crippen molar-refractivity contribution in [3.05, 3.63) is 46.3 Å². The number of nitro groups is 1. The number of nitrogens with zero attached hydrogens (tertiary/aromatic N) is 5. The van der Waals surface area contributed by atoms with Gasteiger partial charge in [0, 0.05) is 25.2 Å². The van der Waals surface area contributed by atoms with E-state index in [2.05, 4.69) is 15.6 Å². The van der Waals surface area contributed by atoms with Crippen molar-refractivity contribution in [1.82, 2.24) is 25.2 Å². The Morgan fingerprint density at radius 2 is 2.17 bits per heavy atom. The minimum Gasteiger partial charge on any atom is -0.337 e. The van der Waals surface area contributed by atoms with Crippen LogP contribution in [0.2, 0.25) is 0 Å². The van der Waals surface area contributed by atoms with Gasteiger partial charge in [-0.3, -0.25) is 14.9 Å². The van der Waals surface area contributed by atoms with Crippen LogP contribution < -0.4 is 5.32 Å². The number of rotatable bonds is 4. The summed E-state index contributed by atoms with van der Waals surface area (Å²) < 4.78 is 1.37. The first-order chi connectivity index (χ1) is 11.6. The first-order valence-corrected chi connectivity index (χ1v) is 7.71. The van der Waals surface area contributed by atoms with E-state index in [9.17, 15) is 14.9 Å². The van der Waals surface area contributed by atoms with Gasteiger partial charge in [-0.05, 0) is 32.0 Å². The van der Waals surface area contributed by atoms with Crippen molar-refractivity contribution in [3.8, 4) is 5.69 Å². The number of nitro benzene ring substituents is 1. The zero-order valence-corrected chi connectivity index (χ0v) is 13.3. The van der Waals surface area contributed by atoms with Crippen LogP contribution in [0.25, 0.3) is 5.69 Å². The van der Waals surface area contributed by atoms with Gasteiger partial charge in [-0.25, -0.2) is 4.68 Å². The van der Waals surface area contributed by atoms with Crippen LogP contribution >= 0.6 is 0 Å². The highest BCUT2D eigenvalue weighted by Gasteiger charge is 2.25. The van der Waals surface area contributed by atoms with Crippen molar-refractivity contribution in [2.45, 2.75) is 18.9 Å². The Balaban J connectivity index is 1.78. The van der Waals surface area contributed by atoms with Gasteiger partial charge in [0.15, 0.2) is 5.69 Å². The van der Waals surface area contributed by atoms with Gasteiger partial charge in [0.1, 0.15) is 0 Å². The van der Waals surface area contributed by atoms with Crippen molar-refractivity contribution >= 4 is 11.6 Å². The van der Waals surface area contributed by atoms with Gasteiger partial charge < -0.3 is 10.2 Å². The number of piperidine rings is 1. The third kappa shape index (κ3) is 3.25. The minimum absolute atomic E-state index is 0.0392. The van der Waals surface area contributed by atoms with E-state index in [4.69, 9.17) is 0 Å². The van der Waals surface area contributed by atoms with Crippen LogP contribution in [0.1, 0.15) is 23.3 Å². The molecule has 1 amide bonds. The van der Waals surface area contributed by atoms with Gasteiger partial charge in [0.05, 0.1) is 16.8 Å². The maximum atomic E-state index is 12.5. The third-order valence-electron chi connectivity index (χ3n) is 4.19. The second-order valence-corrected chi connectivity index (χ2v) is 5.72. The summed E-state index contributed by atoms with van der Waals surface area (Å²) in [5, 5.41) is 22.0. The van der Waals surface area contributed by atoms with E-state index in [0.717, 1.165) is 25.9 Å². The average Bonchev–Trinajstić information content (AvgIpc) is 3.11. The van der Waals surface area contributed by atoms with E-state index < -0.39 is 4.92 Å².